The van der Waals surface area contributed by atoms with E-state index in [2.05, 4.69) is 10.3 Å². The lowest BCUT2D eigenvalue weighted by molar-refractivity contribution is -0.648. The van der Waals surface area contributed by atoms with E-state index in [-0.39, 0.29) is 6.79 Å². The first-order valence-corrected chi connectivity index (χ1v) is 7.58. The summed E-state index contributed by atoms with van der Waals surface area (Å²) in [4.78, 5) is 0. The third kappa shape index (κ3) is 2.47. The number of hydrogen-bond donors (Lipinski definition) is 2. The Bertz CT molecular complexity index is 938. The van der Waals surface area contributed by atoms with E-state index in [9.17, 15) is 0 Å². The minimum Gasteiger partial charge on any atom is -0.495 e. The predicted octanol–water partition coefficient (Wildman–Crippen LogP) is 1.68. The van der Waals surface area contributed by atoms with Crippen molar-refractivity contribution in [3.8, 4) is 39.9 Å². The van der Waals surface area contributed by atoms with Gasteiger partial charge in [0.05, 0.1) is 19.9 Å². The van der Waals surface area contributed by atoms with Gasteiger partial charge in [-0.2, -0.15) is 0 Å². The second kappa shape index (κ2) is 5.90. The lowest BCUT2D eigenvalue weighted by atomic mass is 10.1. The van der Waals surface area contributed by atoms with Crippen LogP contribution in [0.25, 0.3) is 16.9 Å². The summed E-state index contributed by atoms with van der Waals surface area (Å²) in [7, 11) is 3.17. The number of aromatic amines is 1. The summed E-state index contributed by atoms with van der Waals surface area (Å²) in [6.45, 7) is 0.171. The Kier molecular flexibility index (Phi) is 3.57. The Morgan fingerprint density at radius 1 is 1.12 bits per heavy atom. The van der Waals surface area contributed by atoms with Crippen LogP contribution in [0.2, 0.25) is 0 Å². The van der Waals surface area contributed by atoms with E-state index in [0.717, 1.165) is 16.9 Å². The number of nitrogens with two attached hydrogens (primary N) is 1. The molecule has 0 aliphatic carbocycles. The third-order valence-electron chi connectivity index (χ3n) is 4.01. The molecule has 8 nitrogen and oxygen atoms in total. The Morgan fingerprint density at radius 2 is 1.96 bits per heavy atom. The molecule has 0 amide bonds. The van der Waals surface area contributed by atoms with Gasteiger partial charge in [0.2, 0.25) is 24.4 Å². The summed E-state index contributed by atoms with van der Waals surface area (Å²) in [6, 6.07) is 9.29. The second-order valence-electron chi connectivity index (χ2n) is 5.42. The number of rotatable bonds is 4. The summed E-state index contributed by atoms with van der Waals surface area (Å²) in [5.41, 5.74) is 9.09. The molecule has 1 aliphatic heterocycles. The van der Waals surface area contributed by atoms with Crippen LogP contribution in [0, 0.1) is 0 Å². The number of methoxy groups -OCH3 is 2. The van der Waals surface area contributed by atoms with E-state index in [1.165, 1.54) is 0 Å². The van der Waals surface area contributed by atoms with Crippen molar-refractivity contribution in [1.82, 2.24) is 10.3 Å². The quantitative estimate of drug-likeness (QED) is 0.554. The van der Waals surface area contributed by atoms with Crippen molar-refractivity contribution < 1.29 is 23.6 Å². The number of hydrogen-bond acceptors (Lipinski definition) is 6. The molecule has 128 valence electrons. The third-order valence-corrected chi connectivity index (χ3v) is 4.01. The van der Waals surface area contributed by atoms with Gasteiger partial charge in [0.25, 0.3) is 0 Å². The molecule has 25 heavy (non-hydrogen) atoms. The Balaban J connectivity index is 1.82. The van der Waals surface area contributed by atoms with Gasteiger partial charge in [0.1, 0.15) is 5.75 Å². The van der Waals surface area contributed by atoms with E-state index in [1.807, 2.05) is 35.0 Å². The Labute approximate surface area is 143 Å². The van der Waals surface area contributed by atoms with Crippen LogP contribution in [0.15, 0.2) is 36.5 Å². The minimum atomic E-state index is 0.171. The molecule has 0 bridgehead atoms. The summed E-state index contributed by atoms with van der Waals surface area (Å²) in [5.74, 6) is 2.44. The van der Waals surface area contributed by atoms with E-state index < -0.39 is 0 Å². The number of aromatic nitrogens is 3. The number of ether oxygens (including phenoxy) is 4. The lowest BCUT2D eigenvalue weighted by Gasteiger charge is -2.08. The zero-order valence-electron chi connectivity index (χ0n) is 13.8. The molecule has 0 atom stereocenters. The molecule has 8 heteroatoms. The smallest absolute Gasteiger partial charge is 0.231 e. The van der Waals surface area contributed by atoms with Crippen molar-refractivity contribution in [3.05, 3.63) is 36.5 Å². The van der Waals surface area contributed by atoms with Gasteiger partial charge < -0.3 is 24.7 Å². The fourth-order valence-electron chi connectivity index (χ4n) is 2.80. The first kappa shape index (κ1) is 15.1. The summed E-state index contributed by atoms with van der Waals surface area (Å²) < 4.78 is 23.3. The molecule has 1 aliphatic rings. The normalized spacial score (nSPS) is 12.2. The van der Waals surface area contributed by atoms with Crippen LogP contribution in [-0.4, -0.2) is 31.3 Å². The van der Waals surface area contributed by atoms with Gasteiger partial charge in [0, 0.05) is 22.8 Å². The molecule has 0 saturated heterocycles. The molecular formula is C17H17N4O4+. The summed E-state index contributed by atoms with van der Waals surface area (Å²) in [5, 5.41) is 7.10. The highest BCUT2D eigenvalue weighted by Crippen LogP contribution is 2.42. The average molecular weight is 341 g/mol. The average Bonchev–Trinajstić information content (AvgIpc) is 3.29. The predicted molar refractivity (Wildman–Crippen MR) is 89.2 cm³/mol. The highest BCUT2D eigenvalue weighted by Gasteiger charge is 2.25. The van der Waals surface area contributed by atoms with Gasteiger partial charge in [0.15, 0.2) is 17.2 Å². The first-order valence-electron chi connectivity index (χ1n) is 7.58. The monoisotopic (exact) mass is 341 g/mol. The van der Waals surface area contributed by atoms with Crippen LogP contribution < -0.4 is 29.4 Å². The SMILES string of the molecule is COc1ccc(-c2cn[nH][n+]2-c2cc(OC)c3c(c2)OCO3)cc1N. The molecule has 0 saturated carbocycles. The zero-order chi connectivity index (χ0) is 17.4. The Morgan fingerprint density at radius 3 is 2.72 bits per heavy atom. The van der Waals surface area contributed by atoms with Crippen LogP contribution in [0.4, 0.5) is 5.69 Å². The summed E-state index contributed by atoms with van der Waals surface area (Å²) in [6.07, 6.45) is 1.72. The number of anilines is 1. The minimum absolute atomic E-state index is 0.171. The molecular weight excluding hydrogens is 324 g/mol. The number of fused-ring (bicyclic) bond motifs is 1. The number of benzene rings is 2. The molecule has 1 aromatic heterocycles. The molecule has 3 aromatic rings. The number of nitrogens with one attached hydrogen (secondary N) is 1. The zero-order valence-corrected chi connectivity index (χ0v) is 13.8. The van der Waals surface area contributed by atoms with Crippen molar-refractivity contribution >= 4 is 5.69 Å². The van der Waals surface area contributed by atoms with Crippen molar-refractivity contribution in [1.29, 1.82) is 0 Å². The van der Waals surface area contributed by atoms with Crippen molar-refractivity contribution in [3.63, 3.8) is 0 Å². The van der Waals surface area contributed by atoms with E-state index in [1.54, 1.807) is 20.4 Å². The van der Waals surface area contributed by atoms with E-state index in [0.29, 0.717) is 28.7 Å². The van der Waals surface area contributed by atoms with Crippen molar-refractivity contribution in [2.75, 3.05) is 26.7 Å². The van der Waals surface area contributed by atoms with Gasteiger partial charge in [-0.1, -0.05) is 5.21 Å². The van der Waals surface area contributed by atoms with Gasteiger partial charge in [-0.25, -0.2) is 0 Å². The number of nitrogen functional groups attached to an aromatic ring is 1. The van der Waals surface area contributed by atoms with Gasteiger partial charge >= 0.3 is 0 Å². The molecule has 2 heterocycles. The van der Waals surface area contributed by atoms with Gasteiger partial charge in [-0.3, -0.25) is 0 Å². The molecule has 0 unspecified atom stereocenters. The molecule has 0 radical (unpaired) electrons. The van der Waals surface area contributed by atoms with E-state index in [4.69, 9.17) is 24.7 Å². The molecule has 0 spiro atoms. The maximum atomic E-state index is 6.02. The molecule has 0 fully saturated rings. The fraction of sp³-hybridized carbons (Fsp3) is 0.176. The van der Waals surface area contributed by atoms with Crippen LogP contribution in [-0.2, 0) is 0 Å². The number of nitrogens with zero attached hydrogens (tertiary/aromatic N) is 2. The van der Waals surface area contributed by atoms with Crippen molar-refractivity contribution in [2.24, 2.45) is 0 Å². The highest BCUT2D eigenvalue weighted by atomic mass is 16.7. The van der Waals surface area contributed by atoms with Gasteiger partial charge in [-0.05, 0) is 18.2 Å². The molecule has 2 aromatic carbocycles. The second-order valence-corrected chi connectivity index (χ2v) is 5.42. The maximum Gasteiger partial charge on any atom is 0.231 e. The first-order chi connectivity index (χ1) is 12.2. The number of H-pyrrole nitrogens is 1. The van der Waals surface area contributed by atoms with E-state index >= 15 is 0 Å². The summed E-state index contributed by atoms with van der Waals surface area (Å²) >= 11 is 0. The van der Waals surface area contributed by atoms with Crippen LogP contribution >= 0.6 is 0 Å². The van der Waals surface area contributed by atoms with Crippen LogP contribution in [0.3, 0.4) is 0 Å². The Hall–Kier alpha value is -3.42. The maximum absolute atomic E-state index is 6.02. The van der Waals surface area contributed by atoms with Crippen LogP contribution in [0.5, 0.6) is 23.0 Å². The lowest BCUT2D eigenvalue weighted by Crippen LogP contribution is -2.34. The fourth-order valence-corrected chi connectivity index (χ4v) is 2.80. The van der Waals surface area contributed by atoms with Crippen molar-refractivity contribution in [2.45, 2.75) is 0 Å². The standard InChI is InChI=1S/C17H16N4O4/c1-22-14-4-3-10(5-12(14)18)13-8-19-20-21(13)11-6-15(23-2)17-16(7-11)24-9-25-17/h3-8H,9,18H2,1-2H3/p+1. The molecule has 4 rings (SSSR count). The largest absolute Gasteiger partial charge is 0.495 e. The topological polar surface area (TPSA) is 95.5 Å². The van der Waals surface area contributed by atoms with Crippen LogP contribution in [0.1, 0.15) is 0 Å². The van der Waals surface area contributed by atoms with Gasteiger partial charge in [-0.15, -0.1) is 4.68 Å². The highest BCUT2D eigenvalue weighted by molar-refractivity contribution is 5.67. The molecule has 3 N–H and O–H groups in total.